The summed E-state index contributed by atoms with van der Waals surface area (Å²) >= 11 is 0. The average molecular weight is 947 g/mol. The Bertz CT molecular complexity index is 1340. The molecule has 6 nitrogen and oxygen atoms in total. The number of carbonyl (C=O) groups excluding carboxylic acids is 2. The number of unbranched alkanes of at least 4 members (excludes halogenated alkanes) is 22. The van der Waals surface area contributed by atoms with Gasteiger partial charge in [-0.25, -0.2) is 0 Å². The van der Waals surface area contributed by atoms with E-state index >= 15 is 0 Å². The Hall–Kier alpha value is -3.22. The number of aliphatic hydroxyl groups excluding tert-OH is 2. The lowest BCUT2D eigenvalue weighted by atomic mass is 10.0. The zero-order valence-corrected chi connectivity index (χ0v) is 44.5. The Morgan fingerprint density at radius 2 is 0.794 bits per heavy atom. The molecule has 0 aromatic carbocycles. The highest BCUT2D eigenvalue weighted by Gasteiger charge is 2.24. The first kappa shape index (κ1) is 64.8. The van der Waals surface area contributed by atoms with Gasteiger partial charge in [-0.2, -0.15) is 0 Å². The molecular formula is C62H107NO5. The van der Waals surface area contributed by atoms with Crippen LogP contribution in [0.15, 0.2) is 97.2 Å². The minimum absolute atomic E-state index is 0.0353. The average Bonchev–Trinajstić information content (AvgIpc) is 3.33. The van der Waals surface area contributed by atoms with E-state index in [1.54, 1.807) is 0 Å². The molecule has 0 aliphatic heterocycles. The summed E-state index contributed by atoms with van der Waals surface area (Å²) in [5, 5.41) is 23.9. The van der Waals surface area contributed by atoms with Crippen LogP contribution in [0.3, 0.4) is 0 Å². The molecular weight excluding hydrogens is 839 g/mol. The van der Waals surface area contributed by atoms with Crippen molar-refractivity contribution in [3.63, 3.8) is 0 Å². The number of aliphatic hydroxyl groups is 2. The fourth-order valence-electron chi connectivity index (χ4n) is 8.12. The number of allylic oxidation sites excluding steroid dienone is 16. The van der Waals surface area contributed by atoms with Crippen LogP contribution in [-0.4, -0.2) is 46.9 Å². The summed E-state index contributed by atoms with van der Waals surface area (Å²) in [6.07, 6.45) is 73.3. The van der Waals surface area contributed by atoms with Gasteiger partial charge in [0.05, 0.1) is 25.2 Å². The molecule has 0 aliphatic rings. The monoisotopic (exact) mass is 946 g/mol. The Kier molecular flexibility index (Phi) is 52.1. The van der Waals surface area contributed by atoms with Gasteiger partial charge in [-0.05, 0) is 103 Å². The maximum absolute atomic E-state index is 13.3. The number of rotatable bonds is 50. The van der Waals surface area contributed by atoms with Crippen LogP contribution in [0.1, 0.15) is 258 Å². The summed E-state index contributed by atoms with van der Waals surface area (Å²) in [7, 11) is 0. The zero-order chi connectivity index (χ0) is 49.5. The van der Waals surface area contributed by atoms with Gasteiger partial charge < -0.3 is 20.3 Å². The zero-order valence-electron chi connectivity index (χ0n) is 44.5. The molecule has 0 saturated heterocycles. The van der Waals surface area contributed by atoms with Crippen LogP contribution in [0.25, 0.3) is 0 Å². The number of esters is 1. The topological polar surface area (TPSA) is 95.9 Å². The normalized spacial score (nSPS) is 13.9. The van der Waals surface area contributed by atoms with Crippen LogP contribution >= 0.6 is 0 Å². The van der Waals surface area contributed by atoms with Crippen LogP contribution in [0.4, 0.5) is 0 Å². The second-order valence-electron chi connectivity index (χ2n) is 19.0. The number of nitrogens with one attached hydrogen (secondary N) is 1. The van der Waals surface area contributed by atoms with Crippen molar-refractivity contribution in [1.29, 1.82) is 0 Å². The molecule has 0 spiro atoms. The van der Waals surface area contributed by atoms with Crippen LogP contribution in [0.2, 0.25) is 0 Å². The van der Waals surface area contributed by atoms with Crippen molar-refractivity contribution in [2.45, 2.75) is 277 Å². The molecule has 6 heteroatoms. The molecule has 0 saturated carbocycles. The van der Waals surface area contributed by atoms with Crippen LogP contribution in [-0.2, 0) is 14.3 Å². The lowest BCUT2D eigenvalue weighted by Crippen LogP contribution is -2.46. The largest absolute Gasteiger partial charge is 0.462 e. The fraction of sp³-hybridized carbons (Fsp3) is 0.710. The van der Waals surface area contributed by atoms with Crippen molar-refractivity contribution in [1.82, 2.24) is 5.32 Å². The van der Waals surface area contributed by atoms with E-state index in [1.807, 2.05) is 0 Å². The molecule has 0 radical (unpaired) electrons. The van der Waals surface area contributed by atoms with Crippen LogP contribution in [0.5, 0.6) is 0 Å². The second kappa shape index (κ2) is 54.7. The van der Waals surface area contributed by atoms with Crippen LogP contribution in [0, 0.1) is 0 Å². The Morgan fingerprint density at radius 3 is 1.24 bits per heavy atom. The molecule has 390 valence electrons. The Balaban J connectivity index is 4.72. The molecule has 0 aromatic rings. The van der Waals surface area contributed by atoms with Crippen molar-refractivity contribution in [2.24, 2.45) is 0 Å². The van der Waals surface area contributed by atoms with Gasteiger partial charge >= 0.3 is 5.97 Å². The number of carbonyl (C=O) groups is 2. The van der Waals surface area contributed by atoms with E-state index in [2.05, 4.69) is 123 Å². The quantitative estimate of drug-likeness (QED) is 0.0321. The van der Waals surface area contributed by atoms with E-state index in [0.29, 0.717) is 25.7 Å². The van der Waals surface area contributed by atoms with E-state index in [0.717, 1.165) is 103 Å². The molecule has 0 aliphatic carbocycles. The lowest BCUT2D eigenvalue weighted by Gasteiger charge is -2.24. The molecule has 3 atom stereocenters. The third kappa shape index (κ3) is 49.2. The summed E-state index contributed by atoms with van der Waals surface area (Å²) in [5.41, 5.74) is 0. The van der Waals surface area contributed by atoms with Gasteiger partial charge in [0.15, 0.2) is 0 Å². The van der Waals surface area contributed by atoms with Gasteiger partial charge in [0, 0.05) is 6.42 Å². The van der Waals surface area contributed by atoms with Gasteiger partial charge in [0.2, 0.25) is 5.91 Å². The van der Waals surface area contributed by atoms with E-state index < -0.39 is 18.2 Å². The maximum Gasteiger partial charge on any atom is 0.306 e. The molecule has 0 heterocycles. The predicted molar refractivity (Wildman–Crippen MR) is 296 cm³/mol. The lowest BCUT2D eigenvalue weighted by molar-refractivity contribution is -0.151. The van der Waals surface area contributed by atoms with Gasteiger partial charge in [0.25, 0.3) is 0 Å². The van der Waals surface area contributed by atoms with E-state index in [-0.39, 0.29) is 24.9 Å². The molecule has 3 N–H and O–H groups in total. The number of hydrogen-bond acceptors (Lipinski definition) is 5. The van der Waals surface area contributed by atoms with E-state index in [9.17, 15) is 19.8 Å². The standard InChI is InChI=1S/C62H107NO5/c1-4-7-10-13-16-19-22-25-28-30-33-35-38-41-44-47-50-53-58(68-62(67)55-52-49-46-43-40-37-34-31-29-26-23-20-17-14-11-8-5-2)56-61(66)63-59(57-64)60(65)54-51-48-45-42-39-36-32-27-24-21-18-15-12-9-6-3/h8,11,16-17,19-20,25-26,28-29,33-35,37,43,46,58-60,64-65H,4-7,9-10,12-15,18,21-24,27,30-32,36,38-42,44-45,47-57H2,1-3H3,(H,63,66)/b11-8-,19-16-,20-17-,28-25-,29-26-,35-33-,37-34-,46-43-. The highest BCUT2D eigenvalue weighted by molar-refractivity contribution is 5.77. The fourth-order valence-corrected chi connectivity index (χ4v) is 8.12. The SMILES string of the molecule is CC/C=C\C/C=C\C/C=C\C/C=C\C/C=C\CCCC(=O)OC(CCCCCC/C=C\C/C=C\C/C=C\CCCCC)CC(=O)NC(CO)C(O)CCCCCCCCCCCCCCCCC. The van der Waals surface area contributed by atoms with Crippen molar-refractivity contribution in [3.8, 4) is 0 Å². The Morgan fingerprint density at radius 1 is 0.441 bits per heavy atom. The van der Waals surface area contributed by atoms with Crippen LogP contribution < -0.4 is 5.32 Å². The highest BCUT2D eigenvalue weighted by Crippen LogP contribution is 2.17. The summed E-state index contributed by atoms with van der Waals surface area (Å²) < 4.78 is 5.92. The number of hydrogen-bond donors (Lipinski definition) is 3. The molecule has 0 aromatic heterocycles. The molecule has 0 bridgehead atoms. The van der Waals surface area contributed by atoms with Crippen molar-refractivity contribution in [2.75, 3.05) is 6.61 Å². The number of ether oxygens (including phenoxy) is 1. The highest BCUT2D eigenvalue weighted by atomic mass is 16.5. The summed E-state index contributed by atoms with van der Waals surface area (Å²) in [6.45, 7) is 6.34. The molecule has 0 rings (SSSR count). The number of amides is 1. The molecule has 1 amide bonds. The van der Waals surface area contributed by atoms with Gasteiger partial charge in [-0.15, -0.1) is 0 Å². The second-order valence-corrected chi connectivity index (χ2v) is 19.0. The first-order valence-corrected chi connectivity index (χ1v) is 28.5. The minimum Gasteiger partial charge on any atom is -0.462 e. The minimum atomic E-state index is -0.810. The molecule has 68 heavy (non-hydrogen) atoms. The summed E-state index contributed by atoms with van der Waals surface area (Å²) in [4.78, 5) is 26.3. The summed E-state index contributed by atoms with van der Waals surface area (Å²) in [5.74, 6) is -0.567. The molecule has 0 fully saturated rings. The van der Waals surface area contributed by atoms with E-state index in [1.165, 1.54) is 103 Å². The van der Waals surface area contributed by atoms with E-state index in [4.69, 9.17) is 4.74 Å². The first-order chi connectivity index (χ1) is 33.5. The summed E-state index contributed by atoms with van der Waals surface area (Å²) in [6, 6.07) is -0.727. The molecule has 3 unspecified atom stereocenters. The Labute approximate surface area is 420 Å². The third-order valence-corrected chi connectivity index (χ3v) is 12.4. The predicted octanol–water partition coefficient (Wildman–Crippen LogP) is 17.7. The first-order valence-electron chi connectivity index (χ1n) is 28.5. The van der Waals surface area contributed by atoms with Gasteiger partial charge in [0.1, 0.15) is 6.10 Å². The third-order valence-electron chi connectivity index (χ3n) is 12.4. The van der Waals surface area contributed by atoms with Gasteiger partial charge in [-0.3, -0.25) is 9.59 Å². The van der Waals surface area contributed by atoms with Gasteiger partial charge in [-0.1, -0.05) is 240 Å². The smallest absolute Gasteiger partial charge is 0.306 e. The maximum atomic E-state index is 13.3. The van der Waals surface area contributed by atoms with Crippen molar-refractivity contribution in [3.05, 3.63) is 97.2 Å². The van der Waals surface area contributed by atoms with Crippen molar-refractivity contribution < 1.29 is 24.5 Å². The van der Waals surface area contributed by atoms with Crippen molar-refractivity contribution >= 4 is 11.9 Å².